The van der Waals surface area contributed by atoms with Crippen LogP contribution in [0, 0.1) is 0 Å². The number of aromatic hydroxyl groups is 1. The Labute approximate surface area is 188 Å². The van der Waals surface area contributed by atoms with Crippen LogP contribution < -0.4 is 0 Å². The lowest BCUT2D eigenvalue weighted by Gasteiger charge is -2.40. The summed E-state index contributed by atoms with van der Waals surface area (Å²) in [6, 6.07) is 15.3. The number of benzene rings is 2. The fourth-order valence-electron chi connectivity index (χ4n) is 4.26. The van der Waals surface area contributed by atoms with Gasteiger partial charge in [0.2, 0.25) is 5.91 Å². The van der Waals surface area contributed by atoms with Gasteiger partial charge in [-0.05, 0) is 17.7 Å². The molecule has 1 atom stereocenters. The van der Waals surface area contributed by atoms with Crippen LogP contribution in [-0.4, -0.2) is 90.8 Å². The Morgan fingerprint density at radius 3 is 1.97 bits per heavy atom. The minimum absolute atomic E-state index is 0.0481. The predicted octanol–water partition coefficient (Wildman–Crippen LogP) is 1.15. The molecule has 2 aromatic rings. The lowest BCUT2D eigenvalue weighted by molar-refractivity contribution is -0.138. The van der Waals surface area contributed by atoms with Crippen LogP contribution in [0.4, 0.5) is 0 Å². The van der Waals surface area contributed by atoms with Crippen molar-refractivity contribution in [3.8, 4) is 5.75 Å². The molecule has 0 aromatic heterocycles. The van der Waals surface area contributed by atoms with Crippen LogP contribution in [0.3, 0.4) is 0 Å². The van der Waals surface area contributed by atoms with E-state index < -0.39 is 15.9 Å². The SMILES string of the molecule is O=C(c1ccccc1O)N1CCN(C(=O)C(c2ccccc2)N2CCS(=O)(=O)CC2)CC1. The van der Waals surface area contributed by atoms with Gasteiger partial charge in [-0.1, -0.05) is 42.5 Å². The van der Waals surface area contributed by atoms with Gasteiger partial charge < -0.3 is 14.9 Å². The van der Waals surface area contributed by atoms with Crippen molar-refractivity contribution in [1.29, 1.82) is 0 Å². The highest BCUT2D eigenvalue weighted by atomic mass is 32.2. The lowest BCUT2D eigenvalue weighted by Crippen LogP contribution is -2.54. The maximum absolute atomic E-state index is 13.6. The summed E-state index contributed by atoms with van der Waals surface area (Å²) in [4.78, 5) is 31.6. The van der Waals surface area contributed by atoms with Crippen molar-refractivity contribution in [1.82, 2.24) is 14.7 Å². The number of nitrogens with zero attached hydrogens (tertiary/aromatic N) is 3. The molecule has 2 heterocycles. The Morgan fingerprint density at radius 2 is 1.34 bits per heavy atom. The molecule has 0 spiro atoms. The van der Waals surface area contributed by atoms with Gasteiger partial charge in [-0.15, -0.1) is 0 Å². The highest BCUT2D eigenvalue weighted by molar-refractivity contribution is 7.91. The molecule has 170 valence electrons. The first-order valence-electron chi connectivity index (χ1n) is 10.7. The van der Waals surface area contributed by atoms with Gasteiger partial charge in [0.15, 0.2) is 9.84 Å². The summed E-state index contributed by atoms with van der Waals surface area (Å²) in [7, 11) is -3.06. The molecule has 2 aliphatic rings. The van der Waals surface area contributed by atoms with E-state index in [-0.39, 0.29) is 34.6 Å². The molecule has 0 radical (unpaired) electrons. The van der Waals surface area contributed by atoms with E-state index in [0.29, 0.717) is 39.3 Å². The number of phenols is 1. The lowest BCUT2D eigenvalue weighted by atomic mass is 10.0. The first kappa shape index (κ1) is 22.3. The first-order chi connectivity index (χ1) is 15.4. The molecule has 2 saturated heterocycles. The van der Waals surface area contributed by atoms with Gasteiger partial charge in [0.25, 0.3) is 5.91 Å². The van der Waals surface area contributed by atoms with E-state index in [1.807, 2.05) is 35.2 Å². The largest absolute Gasteiger partial charge is 0.507 e. The maximum Gasteiger partial charge on any atom is 0.257 e. The minimum atomic E-state index is -3.06. The topological polar surface area (TPSA) is 98.2 Å². The zero-order valence-corrected chi connectivity index (χ0v) is 18.6. The van der Waals surface area contributed by atoms with E-state index in [1.165, 1.54) is 6.07 Å². The standard InChI is InChI=1S/C23H27N3O5S/c27-20-9-5-4-8-19(20)22(28)25-10-12-26(13-11-25)23(29)21(18-6-2-1-3-7-18)24-14-16-32(30,31)17-15-24/h1-9,21,27H,10-17H2. The Balaban J connectivity index is 1.47. The Hall–Kier alpha value is -2.91. The molecule has 2 amide bonds. The number of carbonyl (C=O) groups excluding carboxylic acids is 2. The van der Waals surface area contributed by atoms with Crippen molar-refractivity contribution >= 4 is 21.7 Å². The smallest absolute Gasteiger partial charge is 0.257 e. The van der Waals surface area contributed by atoms with Crippen LogP contribution >= 0.6 is 0 Å². The molecular weight excluding hydrogens is 430 g/mol. The van der Waals surface area contributed by atoms with Crippen molar-refractivity contribution in [2.24, 2.45) is 0 Å². The summed E-state index contributed by atoms with van der Waals surface area (Å²) >= 11 is 0. The molecule has 9 heteroatoms. The molecule has 2 aromatic carbocycles. The summed E-state index contributed by atoms with van der Waals surface area (Å²) in [5, 5.41) is 9.97. The summed E-state index contributed by atoms with van der Waals surface area (Å²) in [6.07, 6.45) is 0. The molecule has 2 aliphatic heterocycles. The number of amides is 2. The van der Waals surface area contributed by atoms with Gasteiger partial charge in [0.1, 0.15) is 11.8 Å². The van der Waals surface area contributed by atoms with Gasteiger partial charge in [0.05, 0.1) is 17.1 Å². The molecule has 0 aliphatic carbocycles. The van der Waals surface area contributed by atoms with Gasteiger partial charge in [0, 0.05) is 39.3 Å². The average molecular weight is 458 g/mol. The number of sulfone groups is 1. The van der Waals surface area contributed by atoms with E-state index in [9.17, 15) is 23.1 Å². The predicted molar refractivity (Wildman–Crippen MR) is 120 cm³/mol. The molecule has 4 rings (SSSR count). The minimum Gasteiger partial charge on any atom is -0.507 e. The third-order valence-corrected chi connectivity index (χ3v) is 7.72. The van der Waals surface area contributed by atoms with E-state index in [2.05, 4.69) is 0 Å². The highest BCUT2D eigenvalue weighted by Gasteiger charge is 2.36. The maximum atomic E-state index is 13.6. The highest BCUT2D eigenvalue weighted by Crippen LogP contribution is 2.26. The van der Waals surface area contributed by atoms with Crippen LogP contribution in [0.5, 0.6) is 5.75 Å². The van der Waals surface area contributed by atoms with Gasteiger partial charge >= 0.3 is 0 Å². The fourth-order valence-corrected chi connectivity index (χ4v) is 5.49. The summed E-state index contributed by atoms with van der Waals surface area (Å²) < 4.78 is 23.8. The van der Waals surface area contributed by atoms with Crippen molar-refractivity contribution in [3.63, 3.8) is 0 Å². The second-order valence-corrected chi connectivity index (χ2v) is 10.4. The third kappa shape index (κ3) is 4.78. The van der Waals surface area contributed by atoms with Crippen LogP contribution in [0.15, 0.2) is 54.6 Å². The van der Waals surface area contributed by atoms with Gasteiger partial charge in [-0.25, -0.2) is 8.42 Å². The number of rotatable bonds is 4. The second-order valence-electron chi connectivity index (χ2n) is 8.14. The molecular formula is C23H27N3O5S. The summed E-state index contributed by atoms with van der Waals surface area (Å²) in [5.41, 5.74) is 1.09. The number of carbonyl (C=O) groups is 2. The van der Waals surface area contributed by atoms with E-state index >= 15 is 0 Å². The molecule has 0 bridgehead atoms. The summed E-state index contributed by atoms with van der Waals surface area (Å²) in [6.45, 7) is 2.14. The van der Waals surface area contributed by atoms with Crippen molar-refractivity contribution < 1.29 is 23.1 Å². The molecule has 1 unspecified atom stereocenters. The molecule has 2 fully saturated rings. The molecule has 0 saturated carbocycles. The Morgan fingerprint density at radius 1 is 0.781 bits per heavy atom. The van der Waals surface area contributed by atoms with E-state index in [0.717, 1.165) is 5.56 Å². The summed E-state index contributed by atoms with van der Waals surface area (Å²) in [5.74, 6) is -0.291. The number of hydrogen-bond donors (Lipinski definition) is 1. The zero-order valence-electron chi connectivity index (χ0n) is 17.8. The average Bonchev–Trinajstić information content (AvgIpc) is 2.81. The number of phenolic OH excluding ortho intramolecular Hbond substituents is 1. The number of hydrogen-bond acceptors (Lipinski definition) is 6. The van der Waals surface area contributed by atoms with Gasteiger partial charge in [-0.3, -0.25) is 14.5 Å². The number of para-hydroxylation sites is 1. The second kappa shape index (κ2) is 9.30. The zero-order chi connectivity index (χ0) is 22.7. The van der Waals surface area contributed by atoms with Gasteiger partial charge in [-0.2, -0.15) is 0 Å². The van der Waals surface area contributed by atoms with Crippen LogP contribution in [0.25, 0.3) is 0 Å². The number of piperazine rings is 1. The van der Waals surface area contributed by atoms with Crippen LogP contribution in [0.1, 0.15) is 22.0 Å². The van der Waals surface area contributed by atoms with E-state index in [4.69, 9.17) is 0 Å². The first-order valence-corrected chi connectivity index (χ1v) is 12.5. The van der Waals surface area contributed by atoms with Crippen molar-refractivity contribution in [3.05, 3.63) is 65.7 Å². The Kier molecular flexibility index (Phi) is 6.48. The van der Waals surface area contributed by atoms with Crippen LogP contribution in [-0.2, 0) is 14.6 Å². The molecule has 32 heavy (non-hydrogen) atoms. The third-order valence-electron chi connectivity index (χ3n) is 6.11. The quantitative estimate of drug-likeness (QED) is 0.740. The van der Waals surface area contributed by atoms with E-state index in [1.54, 1.807) is 28.0 Å². The fraction of sp³-hybridized carbons (Fsp3) is 0.391. The van der Waals surface area contributed by atoms with Crippen molar-refractivity contribution in [2.45, 2.75) is 6.04 Å². The molecule has 8 nitrogen and oxygen atoms in total. The Bertz CT molecular complexity index is 1070. The normalized spacial score (nSPS) is 20.0. The monoisotopic (exact) mass is 457 g/mol. The molecule has 1 N–H and O–H groups in total. The van der Waals surface area contributed by atoms with Crippen LogP contribution in [0.2, 0.25) is 0 Å². The van der Waals surface area contributed by atoms with Crippen molar-refractivity contribution in [2.75, 3.05) is 50.8 Å².